The number of amides is 1. The molecule has 2 heterocycles. The summed E-state index contributed by atoms with van der Waals surface area (Å²) in [5, 5.41) is 5.94. The van der Waals surface area contributed by atoms with Gasteiger partial charge in [0.15, 0.2) is 5.16 Å². The zero-order valence-corrected chi connectivity index (χ0v) is 17.7. The van der Waals surface area contributed by atoms with E-state index in [2.05, 4.69) is 16.9 Å². The van der Waals surface area contributed by atoms with Crippen molar-refractivity contribution in [1.29, 1.82) is 0 Å². The Bertz CT molecular complexity index is 1260. The standard InChI is InChI=1S/C23H19N3O2S2/c1-2-13-26-22(28)18-12-14-29-21(18)25-23(26)30-15-20(27)24-19-11-7-6-10-17(19)16-8-4-3-5-9-16/h2-12,14H,1,13,15H2,(H,24,27). The number of allylic oxidation sites excluding steroid dienone is 1. The van der Waals surface area contributed by atoms with E-state index in [1.165, 1.54) is 23.1 Å². The molecular weight excluding hydrogens is 414 g/mol. The second-order valence-corrected chi connectivity index (χ2v) is 8.32. The molecule has 0 atom stereocenters. The van der Waals surface area contributed by atoms with Crippen LogP contribution in [0.1, 0.15) is 0 Å². The van der Waals surface area contributed by atoms with Crippen LogP contribution in [0.5, 0.6) is 0 Å². The zero-order chi connectivity index (χ0) is 20.9. The summed E-state index contributed by atoms with van der Waals surface area (Å²) in [6.07, 6.45) is 1.65. The van der Waals surface area contributed by atoms with Gasteiger partial charge in [-0.05, 0) is 23.1 Å². The van der Waals surface area contributed by atoms with Crippen LogP contribution < -0.4 is 10.9 Å². The van der Waals surface area contributed by atoms with Gasteiger partial charge in [0.05, 0.1) is 11.1 Å². The Morgan fingerprint density at radius 3 is 2.70 bits per heavy atom. The Hall–Kier alpha value is -3.16. The minimum absolute atomic E-state index is 0.113. The van der Waals surface area contributed by atoms with Gasteiger partial charge in [0.25, 0.3) is 5.56 Å². The molecule has 150 valence electrons. The molecule has 0 aliphatic rings. The van der Waals surface area contributed by atoms with Gasteiger partial charge in [-0.25, -0.2) is 4.98 Å². The number of para-hydroxylation sites is 1. The van der Waals surface area contributed by atoms with Gasteiger partial charge < -0.3 is 5.32 Å². The molecule has 7 heteroatoms. The number of carbonyl (C=O) groups excluding carboxylic acids is 1. The van der Waals surface area contributed by atoms with Crippen LogP contribution in [0.25, 0.3) is 21.3 Å². The monoisotopic (exact) mass is 433 g/mol. The molecule has 0 fully saturated rings. The van der Waals surface area contributed by atoms with Crippen LogP contribution in [-0.4, -0.2) is 21.2 Å². The molecule has 0 aliphatic carbocycles. The number of nitrogens with zero attached hydrogens (tertiary/aromatic N) is 2. The summed E-state index contributed by atoms with van der Waals surface area (Å²) < 4.78 is 1.55. The number of thiophene rings is 1. The lowest BCUT2D eigenvalue weighted by Gasteiger charge is -2.12. The van der Waals surface area contributed by atoms with Crippen LogP contribution in [0, 0.1) is 0 Å². The number of anilines is 1. The summed E-state index contributed by atoms with van der Waals surface area (Å²) in [6, 6.07) is 19.4. The van der Waals surface area contributed by atoms with Crippen molar-refractivity contribution in [1.82, 2.24) is 9.55 Å². The summed E-state index contributed by atoms with van der Waals surface area (Å²) in [7, 11) is 0. The van der Waals surface area contributed by atoms with Gasteiger partial charge in [0, 0.05) is 17.8 Å². The molecule has 5 nitrogen and oxygen atoms in total. The molecule has 0 aliphatic heterocycles. The Kier molecular flexibility index (Phi) is 6.11. The van der Waals surface area contributed by atoms with Crippen LogP contribution >= 0.6 is 23.1 Å². The van der Waals surface area contributed by atoms with Crippen LogP contribution in [-0.2, 0) is 11.3 Å². The van der Waals surface area contributed by atoms with Gasteiger partial charge in [-0.2, -0.15) is 0 Å². The maximum atomic E-state index is 12.7. The minimum Gasteiger partial charge on any atom is -0.325 e. The maximum absolute atomic E-state index is 12.7. The van der Waals surface area contributed by atoms with Crippen molar-refractivity contribution in [3.05, 3.63) is 89.1 Å². The van der Waals surface area contributed by atoms with E-state index in [1.807, 2.05) is 60.0 Å². The van der Waals surface area contributed by atoms with E-state index in [-0.39, 0.29) is 17.2 Å². The van der Waals surface area contributed by atoms with Crippen LogP contribution in [0.3, 0.4) is 0 Å². The molecule has 2 aromatic carbocycles. The van der Waals surface area contributed by atoms with Crippen molar-refractivity contribution in [3.63, 3.8) is 0 Å². The first-order valence-corrected chi connectivity index (χ1v) is 11.2. The molecule has 2 aromatic heterocycles. The molecule has 30 heavy (non-hydrogen) atoms. The second-order valence-electron chi connectivity index (χ2n) is 6.49. The van der Waals surface area contributed by atoms with Crippen molar-refractivity contribution in [2.45, 2.75) is 11.7 Å². The second kappa shape index (κ2) is 9.11. The largest absolute Gasteiger partial charge is 0.325 e. The van der Waals surface area contributed by atoms with E-state index >= 15 is 0 Å². The lowest BCUT2D eigenvalue weighted by atomic mass is 10.0. The highest BCUT2D eigenvalue weighted by Gasteiger charge is 2.14. The van der Waals surface area contributed by atoms with Crippen LogP contribution in [0.4, 0.5) is 5.69 Å². The predicted octanol–water partition coefficient (Wildman–Crippen LogP) is 5.04. The van der Waals surface area contributed by atoms with Crippen molar-refractivity contribution in [3.8, 4) is 11.1 Å². The molecule has 0 saturated carbocycles. The molecule has 0 saturated heterocycles. The van der Waals surface area contributed by atoms with E-state index in [0.29, 0.717) is 21.9 Å². The lowest BCUT2D eigenvalue weighted by molar-refractivity contribution is -0.113. The van der Waals surface area contributed by atoms with Gasteiger partial charge in [-0.15, -0.1) is 17.9 Å². The average molecular weight is 434 g/mol. The van der Waals surface area contributed by atoms with E-state index < -0.39 is 0 Å². The Balaban J connectivity index is 1.54. The van der Waals surface area contributed by atoms with Crippen molar-refractivity contribution >= 4 is 44.9 Å². The number of fused-ring (bicyclic) bond motifs is 1. The molecule has 0 radical (unpaired) electrons. The van der Waals surface area contributed by atoms with Crippen LogP contribution in [0.2, 0.25) is 0 Å². The third-order valence-corrected chi connectivity index (χ3v) is 6.26. The zero-order valence-electron chi connectivity index (χ0n) is 16.1. The Morgan fingerprint density at radius 1 is 1.13 bits per heavy atom. The number of hydrogen-bond acceptors (Lipinski definition) is 5. The lowest BCUT2D eigenvalue weighted by Crippen LogP contribution is -2.23. The fourth-order valence-electron chi connectivity index (χ4n) is 3.11. The van der Waals surface area contributed by atoms with Gasteiger partial charge >= 0.3 is 0 Å². The molecule has 0 bridgehead atoms. The summed E-state index contributed by atoms with van der Waals surface area (Å²) in [6.45, 7) is 4.07. The highest BCUT2D eigenvalue weighted by Crippen LogP contribution is 2.28. The Labute approximate surface area is 182 Å². The number of carbonyl (C=O) groups is 1. The van der Waals surface area contributed by atoms with Gasteiger partial charge in [0.2, 0.25) is 5.91 Å². The third-order valence-electron chi connectivity index (χ3n) is 4.48. The molecule has 1 amide bonds. The summed E-state index contributed by atoms with van der Waals surface area (Å²) in [4.78, 5) is 30.6. The van der Waals surface area contributed by atoms with E-state index in [4.69, 9.17) is 0 Å². The fraction of sp³-hybridized carbons (Fsp3) is 0.0870. The first kappa shape index (κ1) is 20.1. The summed E-state index contributed by atoms with van der Waals surface area (Å²) in [5.41, 5.74) is 2.63. The normalized spacial score (nSPS) is 10.8. The van der Waals surface area contributed by atoms with E-state index in [1.54, 1.807) is 16.7 Å². The molecule has 4 rings (SSSR count). The first-order valence-electron chi connectivity index (χ1n) is 9.33. The molecular formula is C23H19N3O2S2. The van der Waals surface area contributed by atoms with Gasteiger partial charge in [-0.3, -0.25) is 14.2 Å². The molecule has 1 N–H and O–H groups in total. The summed E-state index contributed by atoms with van der Waals surface area (Å²) in [5.74, 6) is -0.0158. The highest BCUT2D eigenvalue weighted by atomic mass is 32.2. The number of nitrogens with one attached hydrogen (secondary N) is 1. The number of benzene rings is 2. The van der Waals surface area contributed by atoms with E-state index in [9.17, 15) is 9.59 Å². The number of thioether (sulfide) groups is 1. The number of hydrogen-bond donors (Lipinski definition) is 1. The predicted molar refractivity (Wildman–Crippen MR) is 125 cm³/mol. The maximum Gasteiger partial charge on any atom is 0.263 e. The van der Waals surface area contributed by atoms with Crippen molar-refractivity contribution in [2.75, 3.05) is 11.1 Å². The molecule has 4 aromatic rings. The SMILES string of the molecule is C=CCn1c(SCC(=O)Nc2ccccc2-c2ccccc2)nc2sccc2c1=O. The quantitative estimate of drug-likeness (QED) is 0.252. The topological polar surface area (TPSA) is 64.0 Å². The fourth-order valence-corrected chi connectivity index (χ4v) is 4.72. The highest BCUT2D eigenvalue weighted by molar-refractivity contribution is 7.99. The third kappa shape index (κ3) is 4.22. The number of aromatic nitrogens is 2. The minimum atomic E-state index is -0.158. The van der Waals surface area contributed by atoms with Crippen molar-refractivity contribution < 1.29 is 4.79 Å². The first-order chi connectivity index (χ1) is 14.7. The van der Waals surface area contributed by atoms with Crippen LogP contribution in [0.15, 0.2) is 88.6 Å². The average Bonchev–Trinajstić information content (AvgIpc) is 3.24. The van der Waals surface area contributed by atoms with Crippen molar-refractivity contribution in [2.24, 2.45) is 0 Å². The Morgan fingerprint density at radius 2 is 1.90 bits per heavy atom. The van der Waals surface area contributed by atoms with Gasteiger partial charge in [-0.1, -0.05) is 66.4 Å². The summed E-state index contributed by atoms with van der Waals surface area (Å²) >= 11 is 2.66. The molecule has 0 unspecified atom stereocenters. The van der Waals surface area contributed by atoms with Gasteiger partial charge in [0.1, 0.15) is 4.83 Å². The number of rotatable bonds is 7. The molecule has 0 spiro atoms. The van der Waals surface area contributed by atoms with E-state index in [0.717, 1.165) is 16.8 Å². The smallest absolute Gasteiger partial charge is 0.263 e.